The van der Waals surface area contributed by atoms with Crippen molar-refractivity contribution in [3.63, 3.8) is 0 Å². The Hall–Kier alpha value is -2.68. The lowest BCUT2D eigenvalue weighted by Gasteiger charge is -2.22. The third-order valence-corrected chi connectivity index (χ3v) is 4.50. The average Bonchev–Trinajstić information content (AvgIpc) is 3.14. The Bertz CT molecular complexity index is 696. The van der Waals surface area contributed by atoms with Crippen LogP contribution >= 0.6 is 0 Å². The van der Waals surface area contributed by atoms with E-state index in [0.717, 1.165) is 32.0 Å². The lowest BCUT2D eigenvalue weighted by atomic mass is 10.0. The predicted molar refractivity (Wildman–Crippen MR) is 82.4 cm³/mol. The normalized spacial score (nSPS) is 23.4. The van der Waals surface area contributed by atoms with Crippen LogP contribution < -0.4 is 9.80 Å². The zero-order valence-corrected chi connectivity index (χ0v) is 12.1. The summed E-state index contributed by atoms with van der Waals surface area (Å²) < 4.78 is 0. The molecule has 2 fully saturated rings. The summed E-state index contributed by atoms with van der Waals surface area (Å²) in [4.78, 5) is 17.6. The van der Waals surface area contributed by atoms with Gasteiger partial charge < -0.3 is 9.80 Å². The van der Waals surface area contributed by atoms with E-state index in [1.54, 1.807) is 12.3 Å². The van der Waals surface area contributed by atoms with E-state index in [1.165, 1.54) is 0 Å². The highest BCUT2D eigenvalue weighted by Gasteiger charge is 2.41. The van der Waals surface area contributed by atoms with Gasteiger partial charge in [0, 0.05) is 50.4 Å². The quantitative estimate of drug-likeness (QED) is 0.831. The molecule has 2 aromatic rings. The molecule has 2 saturated heterocycles. The van der Waals surface area contributed by atoms with Gasteiger partial charge in [-0.25, -0.2) is 15.0 Å². The third kappa shape index (κ3) is 2.25. The molecule has 0 bridgehead atoms. The summed E-state index contributed by atoms with van der Waals surface area (Å²) in [6.07, 6.45) is 3.51. The van der Waals surface area contributed by atoms with Crippen molar-refractivity contribution in [3.05, 3.63) is 42.4 Å². The summed E-state index contributed by atoms with van der Waals surface area (Å²) in [7, 11) is 0. The van der Waals surface area contributed by atoms with E-state index in [1.807, 2.05) is 18.3 Å². The largest absolute Gasteiger partial charge is 0.356 e. The van der Waals surface area contributed by atoms with E-state index in [9.17, 15) is 0 Å². The number of fused-ring (bicyclic) bond motifs is 1. The lowest BCUT2D eigenvalue weighted by Crippen LogP contribution is -2.30. The Kier molecular flexibility index (Phi) is 3.11. The number of anilines is 2. The molecule has 0 aliphatic carbocycles. The molecule has 0 saturated carbocycles. The van der Waals surface area contributed by atoms with Crippen LogP contribution in [0, 0.1) is 23.2 Å². The first-order chi connectivity index (χ1) is 10.8. The minimum atomic E-state index is 0.428. The highest BCUT2D eigenvalue weighted by atomic mass is 15.3. The van der Waals surface area contributed by atoms with Gasteiger partial charge in [0.05, 0.1) is 0 Å². The van der Waals surface area contributed by atoms with Crippen LogP contribution in [0.1, 0.15) is 5.69 Å². The molecule has 2 aliphatic rings. The van der Waals surface area contributed by atoms with Crippen LogP contribution in [0.2, 0.25) is 0 Å². The van der Waals surface area contributed by atoms with E-state index < -0.39 is 0 Å². The second kappa shape index (κ2) is 5.26. The van der Waals surface area contributed by atoms with Gasteiger partial charge in [0.25, 0.3) is 0 Å². The zero-order chi connectivity index (χ0) is 14.9. The van der Waals surface area contributed by atoms with Crippen molar-refractivity contribution in [2.75, 3.05) is 36.0 Å². The Morgan fingerprint density at radius 1 is 0.955 bits per heavy atom. The maximum atomic E-state index is 8.95. The fraction of sp³-hybridized carbons (Fsp3) is 0.375. The van der Waals surface area contributed by atoms with E-state index in [4.69, 9.17) is 5.26 Å². The second-order valence-electron chi connectivity index (χ2n) is 5.87. The summed E-state index contributed by atoms with van der Waals surface area (Å²) in [5.74, 6) is 2.96. The van der Waals surface area contributed by atoms with Crippen molar-refractivity contribution in [1.29, 1.82) is 5.26 Å². The SMILES string of the molecule is N#Cc1ccnc(N2CC3CN(c4ccccn4)CC3C2)n1. The first kappa shape index (κ1) is 13.0. The molecule has 6 nitrogen and oxygen atoms in total. The van der Waals surface area contributed by atoms with Crippen molar-refractivity contribution in [1.82, 2.24) is 15.0 Å². The highest BCUT2D eigenvalue weighted by molar-refractivity contribution is 5.42. The Balaban J connectivity index is 1.46. The molecular formula is C16H16N6. The van der Waals surface area contributed by atoms with Gasteiger partial charge in [0.2, 0.25) is 5.95 Å². The third-order valence-electron chi connectivity index (χ3n) is 4.50. The minimum absolute atomic E-state index is 0.428. The predicted octanol–water partition coefficient (Wildman–Crippen LogP) is 1.32. The van der Waals surface area contributed by atoms with Gasteiger partial charge in [0.1, 0.15) is 17.6 Å². The number of pyridine rings is 1. The van der Waals surface area contributed by atoms with Crippen molar-refractivity contribution in [2.45, 2.75) is 0 Å². The maximum Gasteiger partial charge on any atom is 0.226 e. The molecule has 0 spiro atoms. The zero-order valence-electron chi connectivity index (χ0n) is 12.1. The Morgan fingerprint density at radius 3 is 2.41 bits per heavy atom. The number of nitrogens with zero attached hydrogens (tertiary/aromatic N) is 6. The molecular weight excluding hydrogens is 276 g/mol. The van der Waals surface area contributed by atoms with Crippen LogP contribution in [-0.4, -0.2) is 41.1 Å². The smallest absolute Gasteiger partial charge is 0.226 e. The standard InChI is InChI=1S/C16H16N6/c17-7-14-4-6-19-16(20-14)22-10-12-8-21(9-13(12)11-22)15-3-1-2-5-18-15/h1-6,12-13H,8-11H2. The molecule has 0 amide bonds. The molecule has 0 aromatic carbocycles. The number of rotatable bonds is 2. The van der Waals surface area contributed by atoms with Crippen LogP contribution in [0.25, 0.3) is 0 Å². The molecule has 2 aromatic heterocycles. The van der Waals surface area contributed by atoms with Gasteiger partial charge >= 0.3 is 0 Å². The van der Waals surface area contributed by atoms with Crippen molar-refractivity contribution >= 4 is 11.8 Å². The summed E-state index contributed by atoms with van der Waals surface area (Å²) >= 11 is 0. The van der Waals surface area contributed by atoms with Gasteiger partial charge in [-0.05, 0) is 18.2 Å². The molecule has 2 unspecified atom stereocenters. The molecule has 2 atom stereocenters. The average molecular weight is 292 g/mol. The first-order valence-corrected chi connectivity index (χ1v) is 7.47. The first-order valence-electron chi connectivity index (χ1n) is 7.47. The number of nitriles is 1. The summed E-state index contributed by atoms with van der Waals surface area (Å²) in [5.41, 5.74) is 0.428. The molecule has 6 heteroatoms. The second-order valence-corrected chi connectivity index (χ2v) is 5.87. The Labute approximate surface area is 129 Å². The van der Waals surface area contributed by atoms with Gasteiger partial charge in [-0.2, -0.15) is 5.26 Å². The van der Waals surface area contributed by atoms with Crippen LogP contribution in [0.4, 0.5) is 11.8 Å². The monoisotopic (exact) mass is 292 g/mol. The minimum Gasteiger partial charge on any atom is -0.356 e. The highest BCUT2D eigenvalue weighted by Crippen LogP contribution is 2.34. The van der Waals surface area contributed by atoms with Crippen LogP contribution in [-0.2, 0) is 0 Å². The fourth-order valence-corrected chi connectivity index (χ4v) is 3.45. The number of hydrogen-bond acceptors (Lipinski definition) is 6. The van der Waals surface area contributed by atoms with Gasteiger partial charge in [-0.1, -0.05) is 6.07 Å². The van der Waals surface area contributed by atoms with Crippen LogP contribution in [0.15, 0.2) is 36.7 Å². The van der Waals surface area contributed by atoms with Gasteiger partial charge in [-0.15, -0.1) is 0 Å². The van der Waals surface area contributed by atoms with Crippen molar-refractivity contribution in [2.24, 2.45) is 11.8 Å². The topological polar surface area (TPSA) is 68.9 Å². The molecule has 22 heavy (non-hydrogen) atoms. The molecule has 4 rings (SSSR count). The lowest BCUT2D eigenvalue weighted by molar-refractivity contribution is 0.533. The van der Waals surface area contributed by atoms with Gasteiger partial charge in [0.15, 0.2) is 0 Å². The molecule has 110 valence electrons. The molecule has 2 aliphatic heterocycles. The molecule has 4 heterocycles. The molecule has 0 radical (unpaired) electrons. The van der Waals surface area contributed by atoms with Crippen molar-refractivity contribution in [3.8, 4) is 6.07 Å². The summed E-state index contributed by atoms with van der Waals surface area (Å²) in [5, 5.41) is 8.95. The van der Waals surface area contributed by atoms with E-state index in [2.05, 4.69) is 36.9 Å². The summed E-state index contributed by atoms with van der Waals surface area (Å²) in [6.45, 7) is 3.94. The Morgan fingerprint density at radius 2 is 1.73 bits per heavy atom. The molecule has 0 N–H and O–H groups in total. The summed E-state index contributed by atoms with van der Waals surface area (Å²) in [6, 6.07) is 9.76. The van der Waals surface area contributed by atoms with Crippen LogP contribution in [0.5, 0.6) is 0 Å². The number of aromatic nitrogens is 3. The fourth-order valence-electron chi connectivity index (χ4n) is 3.45. The van der Waals surface area contributed by atoms with E-state index in [0.29, 0.717) is 23.5 Å². The maximum absolute atomic E-state index is 8.95. The van der Waals surface area contributed by atoms with E-state index in [-0.39, 0.29) is 0 Å². The number of hydrogen-bond donors (Lipinski definition) is 0. The van der Waals surface area contributed by atoms with Gasteiger partial charge in [-0.3, -0.25) is 0 Å². The van der Waals surface area contributed by atoms with Crippen LogP contribution in [0.3, 0.4) is 0 Å². The van der Waals surface area contributed by atoms with Crippen molar-refractivity contribution < 1.29 is 0 Å². The van der Waals surface area contributed by atoms with E-state index >= 15 is 0 Å².